The second-order valence-electron chi connectivity index (χ2n) is 4.13. The normalized spacial score (nSPS) is 13.6. The molecule has 1 N–H and O–H groups in total. The molecule has 0 saturated heterocycles. The molecule has 1 unspecified atom stereocenters. The predicted octanol–water partition coefficient (Wildman–Crippen LogP) is 2.60. The Balaban J connectivity index is 2.62. The molecule has 1 aromatic carbocycles. The molecule has 0 radical (unpaired) electrons. The lowest BCUT2D eigenvalue weighted by Gasteiger charge is -2.14. The summed E-state index contributed by atoms with van der Waals surface area (Å²) in [7, 11) is -3.16. The van der Waals surface area contributed by atoms with Gasteiger partial charge in [-0.05, 0) is 31.4 Å². The van der Waals surface area contributed by atoms with E-state index in [2.05, 4.69) is 4.72 Å². The summed E-state index contributed by atoms with van der Waals surface area (Å²) in [5.41, 5.74) is 0.959. The van der Waals surface area contributed by atoms with Gasteiger partial charge in [-0.15, -0.1) is 0 Å². The van der Waals surface area contributed by atoms with Gasteiger partial charge in [-0.2, -0.15) is 0 Å². The minimum atomic E-state index is -3.16. The van der Waals surface area contributed by atoms with E-state index in [0.717, 1.165) is 5.56 Å². The highest BCUT2D eigenvalue weighted by molar-refractivity contribution is 7.89. The first-order valence-corrected chi connectivity index (χ1v) is 7.71. The molecule has 0 aromatic heterocycles. The molecule has 0 bridgehead atoms. The number of hydrogen-bond donors (Lipinski definition) is 1. The van der Waals surface area contributed by atoms with Gasteiger partial charge in [-0.3, -0.25) is 0 Å². The zero-order valence-electron chi connectivity index (χ0n) is 10.1. The van der Waals surface area contributed by atoms with E-state index in [1.165, 1.54) is 0 Å². The maximum absolute atomic E-state index is 11.6. The molecular weight excluding hydrogens is 258 g/mol. The highest BCUT2D eigenvalue weighted by atomic mass is 35.5. The highest BCUT2D eigenvalue weighted by Gasteiger charge is 2.14. The first kappa shape index (κ1) is 14.5. The SMILES string of the molecule is CCCS(=O)(=O)NC(C)Cc1ccccc1Cl. The van der Waals surface area contributed by atoms with Gasteiger partial charge in [0.2, 0.25) is 10.0 Å². The van der Waals surface area contributed by atoms with E-state index in [1.54, 1.807) is 0 Å². The Morgan fingerprint density at radius 2 is 2.00 bits per heavy atom. The van der Waals surface area contributed by atoms with Crippen LogP contribution in [0, 0.1) is 0 Å². The van der Waals surface area contributed by atoms with Crippen molar-refractivity contribution in [3.63, 3.8) is 0 Å². The Hall–Kier alpha value is -0.580. The Kier molecular flexibility index (Phi) is 5.43. The summed E-state index contributed by atoms with van der Waals surface area (Å²) in [6.45, 7) is 3.69. The van der Waals surface area contributed by atoms with Crippen LogP contribution in [0.1, 0.15) is 25.8 Å². The topological polar surface area (TPSA) is 46.2 Å². The molecule has 0 spiro atoms. The number of nitrogens with one attached hydrogen (secondary N) is 1. The smallest absolute Gasteiger partial charge is 0.211 e. The summed E-state index contributed by atoms with van der Waals surface area (Å²) >= 11 is 6.02. The molecule has 0 amide bonds. The van der Waals surface area contributed by atoms with Crippen LogP contribution in [0.15, 0.2) is 24.3 Å². The molecule has 1 aromatic rings. The molecule has 1 rings (SSSR count). The molecule has 5 heteroatoms. The number of rotatable bonds is 6. The maximum Gasteiger partial charge on any atom is 0.211 e. The van der Waals surface area contributed by atoms with Crippen molar-refractivity contribution in [3.05, 3.63) is 34.9 Å². The van der Waals surface area contributed by atoms with Gasteiger partial charge < -0.3 is 0 Å². The van der Waals surface area contributed by atoms with Gasteiger partial charge in [-0.25, -0.2) is 13.1 Å². The third-order valence-corrected chi connectivity index (χ3v) is 4.41. The second-order valence-corrected chi connectivity index (χ2v) is 6.41. The van der Waals surface area contributed by atoms with Crippen molar-refractivity contribution in [1.82, 2.24) is 4.72 Å². The van der Waals surface area contributed by atoms with Gasteiger partial charge in [0.25, 0.3) is 0 Å². The van der Waals surface area contributed by atoms with Crippen molar-refractivity contribution in [1.29, 1.82) is 0 Å². The Bertz CT molecular complexity index is 459. The first-order chi connectivity index (χ1) is 7.94. The van der Waals surface area contributed by atoms with E-state index in [1.807, 2.05) is 38.1 Å². The van der Waals surface area contributed by atoms with E-state index < -0.39 is 10.0 Å². The molecule has 96 valence electrons. The van der Waals surface area contributed by atoms with Crippen LogP contribution in [0.5, 0.6) is 0 Å². The number of hydrogen-bond acceptors (Lipinski definition) is 2. The summed E-state index contributed by atoms with van der Waals surface area (Å²) in [5.74, 6) is 0.167. The van der Waals surface area contributed by atoms with Crippen molar-refractivity contribution in [2.24, 2.45) is 0 Å². The predicted molar refractivity (Wildman–Crippen MR) is 71.8 cm³/mol. The van der Waals surface area contributed by atoms with E-state index in [0.29, 0.717) is 17.9 Å². The Morgan fingerprint density at radius 3 is 2.59 bits per heavy atom. The molecule has 0 fully saturated rings. The van der Waals surface area contributed by atoms with Crippen LogP contribution in [0.2, 0.25) is 5.02 Å². The number of benzene rings is 1. The van der Waals surface area contributed by atoms with Crippen molar-refractivity contribution in [3.8, 4) is 0 Å². The van der Waals surface area contributed by atoms with Crippen LogP contribution in [0.4, 0.5) is 0 Å². The lowest BCUT2D eigenvalue weighted by molar-refractivity contribution is 0.558. The van der Waals surface area contributed by atoms with Crippen LogP contribution >= 0.6 is 11.6 Å². The second kappa shape index (κ2) is 6.38. The summed E-state index contributed by atoms with van der Waals surface area (Å²) in [6, 6.07) is 7.33. The lowest BCUT2D eigenvalue weighted by atomic mass is 10.1. The minimum Gasteiger partial charge on any atom is -0.212 e. The Morgan fingerprint density at radius 1 is 1.35 bits per heavy atom. The molecule has 0 aliphatic heterocycles. The highest BCUT2D eigenvalue weighted by Crippen LogP contribution is 2.16. The summed E-state index contributed by atoms with van der Waals surface area (Å²) in [5, 5.41) is 0.675. The quantitative estimate of drug-likeness (QED) is 0.867. The van der Waals surface area contributed by atoms with Gasteiger partial charge >= 0.3 is 0 Å². The molecule has 17 heavy (non-hydrogen) atoms. The van der Waals surface area contributed by atoms with Gasteiger partial charge in [0.15, 0.2) is 0 Å². The summed E-state index contributed by atoms with van der Waals surface area (Å²) < 4.78 is 25.8. The summed E-state index contributed by atoms with van der Waals surface area (Å²) in [4.78, 5) is 0. The molecule has 1 atom stereocenters. The van der Waals surface area contributed by atoms with Gasteiger partial charge in [0.05, 0.1) is 5.75 Å². The minimum absolute atomic E-state index is 0.147. The molecule has 0 aliphatic rings. The van der Waals surface area contributed by atoms with Crippen molar-refractivity contribution in [2.45, 2.75) is 32.7 Å². The van der Waals surface area contributed by atoms with Crippen molar-refractivity contribution in [2.75, 3.05) is 5.75 Å². The molecule has 3 nitrogen and oxygen atoms in total. The van der Waals surface area contributed by atoms with Crippen LogP contribution < -0.4 is 4.72 Å². The first-order valence-electron chi connectivity index (χ1n) is 5.68. The average Bonchev–Trinajstić information content (AvgIpc) is 2.20. The molecule has 0 heterocycles. The van der Waals surface area contributed by atoms with E-state index in [4.69, 9.17) is 11.6 Å². The monoisotopic (exact) mass is 275 g/mol. The standard InChI is InChI=1S/C12H18ClNO2S/c1-3-8-17(15,16)14-10(2)9-11-6-4-5-7-12(11)13/h4-7,10,14H,3,8-9H2,1-2H3. The molecule has 0 saturated carbocycles. The lowest BCUT2D eigenvalue weighted by Crippen LogP contribution is -2.35. The third kappa shape index (κ3) is 5.06. The number of halogens is 1. The van der Waals surface area contributed by atoms with Crippen LogP contribution in [0.25, 0.3) is 0 Å². The van der Waals surface area contributed by atoms with Crippen molar-refractivity contribution >= 4 is 21.6 Å². The van der Waals surface area contributed by atoms with Crippen LogP contribution in [0.3, 0.4) is 0 Å². The fraction of sp³-hybridized carbons (Fsp3) is 0.500. The fourth-order valence-electron chi connectivity index (χ4n) is 1.67. The van der Waals surface area contributed by atoms with Crippen molar-refractivity contribution < 1.29 is 8.42 Å². The Labute approximate surface area is 108 Å². The maximum atomic E-state index is 11.6. The van der Waals surface area contributed by atoms with Gasteiger partial charge in [0, 0.05) is 11.1 Å². The van der Waals surface area contributed by atoms with Crippen LogP contribution in [-0.4, -0.2) is 20.2 Å². The zero-order chi connectivity index (χ0) is 12.9. The zero-order valence-corrected chi connectivity index (χ0v) is 11.7. The van der Waals surface area contributed by atoms with Gasteiger partial charge in [0.1, 0.15) is 0 Å². The molecule has 0 aliphatic carbocycles. The third-order valence-electron chi connectivity index (χ3n) is 2.34. The molecular formula is C12H18ClNO2S. The van der Waals surface area contributed by atoms with E-state index in [-0.39, 0.29) is 11.8 Å². The van der Waals surface area contributed by atoms with Crippen LogP contribution in [-0.2, 0) is 16.4 Å². The average molecular weight is 276 g/mol. The van der Waals surface area contributed by atoms with E-state index >= 15 is 0 Å². The summed E-state index contributed by atoms with van der Waals surface area (Å²) in [6.07, 6.45) is 1.22. The van der Waals surface area contributed by atoms with E-state index in [9.17, 15) is 8.42 Å². The largest absolute Gasteiger partial charge is 0.212 e. The van der Waals surface area contributed by atoms with Gasteiger partial charge in [-0.1, -0.05) is 36.7 Å². The number of sulfonamides is 1. The fourth-order valence-corrected chi connectivity index (χ4v) is 3.23.